The number of aryl methyl sites for hydroxylation is 2. The lowest BCUT2D eigenvalue weighted by atomic mass is 9.89. The minimum Gasteiger partial charge on any atom is -0.493 e. The Bertz CT molecular complexity index is 1560. The molecule has 196 valence electrons. The van der Waals surface area contributed by atoms with Gasteiger partial charge in [-0.05, 0) is 67.0 Å². The molecule has 1 unspecified atom stereocenters. The highest BCUT2D eigenvalue weighted by atomic mass is 32.1. The number of carbonyl (C=O) groups is 1. The van der Waals surface area contributed by atoms with Crippen molar-refractivity contribution in [2.24, 2.45) is 11.0 Å². The summed E-state index contributed by atoms with van der Waals surface area (Å²) >= 11 is 1.60. The minimum atomic E-state index is -0.410. The summed E-state index contributed by atoms with van der Waals surface area (Å²) in [5.41, 5.74) is 6.41. The van der Waals surface area contributed by atoms with Crippen LogP contribution in [0.25, 0.3) is 10.2 Å². The van der Waals surface area contributed by atoms with E-state index in [0.717, 1.165) is 40.8 Å². The Kier molecular flexibility index (Phi) is 7.55. The number of hydrazone groups is 1. The van der Waals surface area contributed by atoms with Gasteiger partial charge in [-0.3, -0.25) is 14.2 Å². The predicted octanol–water partition coefficient (Wildman–Crippen LogP) is 4.63. The van der Waals surface area contributed by atoms with Gasteiger partial charge in [0.25, 0.3) is 11.5 Å². The van der Waals surface area contributed by atoms with E-state index < -0.39 is 5.91 Å². The molecule has 1 amide bonds. The van der Waals surface area contributed by atoms with Crippen LogP contribution in [0.3, 0.4) is 0 Å². The Balaban J connectivity index is 1.21. The van der Waals surface area contributed by atoms with Crippen LogP contribution >= 0.6 is 11.3 Å². The van der Waals surface area contributed by atoms with Crippen molar-refractivity contribution in [2.75, 3.05) is 7.11 Å². The normalized spacial score (nSPS) is 15.0. The first-order valence-electron chi connectivity index (χ1n) is 12.6. The zero-order valence-corrected chi connectivity index (χ0v) is 22.5. The Morgan fingerprint density at radius 2 is 2.05 bits per heavy atom. The van der Waals surface area contributed by atoms with Gasteiger partial charge < -0.3 is 9.47 Å². The molecule has 2 heterocycles. The molecule has 2 aromatic carbocycles. The summed E-state index contributed by atoms with van der Waals surface area (Å²) in [5.74, 6) is 1.38. The standard InChI is InChI=1S/C29H30N4O4S/c1-18-4-7-20(8-5-18)16-37-23-11-9-21(13-24(23)36-3)14-31-32-26(34)15-33-17-30-28-27(29(33)35)22-10-6-19(2)12-25(22)38-28/h4-5,7-9,11,13-14,17,19H,6,10,12,15-16H2,1-3H3,(H,32,34)/b31-14+. The molecule has 1 N–H and O–H groups in total. The van der Waals surface area contributed by atoms with Crippen molar-refractivity contribution in [1.82, 2.24) is 15.0 Å². The van der Waals surface area contributed by atoms with Gasteiger partial charge in [0.15, 0.2) is 11.5 Å². The molecule has 2 aromatic heterocycles. The molecule has 1 aliphatic carbocycles. The van der Waals surface area contributed by atoms with Gasteiger partial charge in [-0.1, -0.05) is 36.8 Å². The van der Waals surface area contributed by atoms with E-state index in [2.05, 4.69) is 22.4 Å². The molecular formula is C29H30N4O4S. The summed E-state index contributed by atoms with van der Waals surface area (Å²) < 4.78 is 12.7. The second kappa shape index (κ2) is 11.2. The Labute approximate surface area is 224 Å². The lowest BCUT2D eigenvalue weighted by Gasteiger charge is -2.17. The molecule has 0 saturated heterocycles. The molecule has 38 heavy (non-hydrogen) atoms. The minimum absolute atomic E-state index is 0.157. The van der Waals surface area contributed by atoms with E-state index in [1.165, 1.54) is 27.5 Å². The van der Waals surface area contributed by atoms with Crippen molar-refractivity contribution in [3.8, 4) is 11.5 Å². The molecule has 0 aliphatic heterocycles. The maximum atomic E-state index is 13.1. The zero-order valence-electron chi connectivity index (χ0n) is 21.7. The molecule has 1 aliphatic rings. The number of amides is 1. The lowest BCUT2D eigenvalue weighted by Crippen LogP contribution is -2.30. The molecule has 0 spiro atoms. The summed E-state index contributed by atoms with van der Waals surface area (Å²) in [6.45, 7) is 4.54. The van der Waals surface area contributed by atoms with E-state index in [1.54, 1.807) is 30.6 Å². The summed E-state index contributed by atoms with van der Waals surface area (Å²) in [4.78, 5) is 32.1. The molecule has 4 aromatic rings. The van der Waals surface area contributed by atoms with Crippen LogP contribution in [-0.2, 0) is 30.8 Å². The Morgan fingerprint density at radius 1 is 1.24 bits per heavy atom. The molecular weight excluding hydrogens is 500 g/mol. The number of nitrogens with one attached hydrogen (secondary N) is 1. The maximum absolute atomic E-state index is 13.1. The van der Waals surface area contributed by atoms with Gasteiger partial charge in [0.1, 0.15) is 18.0 Å². The van der Waals surface area contributed by atoms with Crippen LogP contribution in [0.2, 0.25) is 0 Å². The van der Waals surface area contributed by atoms with E-state index in [0.29, 0.717) is 29.4 Å². The number of thiophene rings is 1. The van der Waals surface area contributed by atoms with Crippen molar-refractivity contribution in [3.63, 3.8) is 0 Å². The predicted molar refractivity (Wildman–Crippen MR) is 149 cm³/mol. The molecule has 8 nitrogen and oxygen atoms in total. The zero-order chi connectivity index (χ0) is 26.6. The molecule has 0 fully saturated rings. The number of carbonyl (C=O) groups excluding carboxylic acids is 1. The topological polar surface area (TPSA) is 94.8 Å². The van der Waals surface area contributed by atoms with Crippen LogP contribution in [0.5, 0.6) is 11.5 Å². The number of hydrogen-bond donors (Lipinski definition) is 1. The molecule has 5 rings (SSSR count). The monoisotopic (exact) mass is 530 g/mol. The van der Waals surface area contributed by atoms with E-state index in [4.69, 9.17) is 9.47 Å². The Hall–Kier alpha value is -3.98. The largest absolute Gasteiger partial charge is 0.493 e. The van der Waals surface area contributed by atoms with Crippen LogP contribution in [0.1, 0.15) is 40.5 Å². The van der Waals surface area contributed by atoms with Crippen LogP contribution in [0.15, 0.2) is 58.7 Å². The summed E-state index contributed by atoms with van der Waals surface area (Å²) in [7, 11) is 1.57. The van der Waals surface area contributed by atoms with Gasteiger partial charge in [-0.25, -0.2) is 10.4 Å². The number of nitrogens with zero attached hydrogens (tertiary/aromatic N) is 3. The third kappa shape index (κ3) is 5.62. The third-order valence-corrected chi connectivity index (χ3v) is 7.86. The van der Waals surface area contributed by atoms with Crippen LogP contribution < -0.4 is 20.5 Å². The van der Waals surface area contributed by atoms with Gasteiger partial charge in [-0.15, -0.1) is 11.3 Å². The lowest BCUT2D eigenvalue weighted by molar-refractivity contribution is -0.121. The van der Waals surface area contributed by atoms with Crippen molar-refractivity contribution in [3.05, 3.63) is 86.3 Å². The fourth-order valence-corrected chi connectivity index (χ4v) is 5.92. The fraction of sp³-hybridized carbons (Fsp3) is 0.310. The quantitative estimate of drug-likeness (QED) is 0.265. The maximum Gasteiger partial charge on any atom is 0.262 e. The molecule has 0 radical (unpaired) electrons. The second-order valence-electron chi connectivity index (χ2n) is 9.69. The van der Waals surface area contributed by atoms with E-state index >= 15 is 0 Å². The third-order valence-electron chi connectivity index (χ3n) is 6.70. The number of hydrogen-bond acceptors (Lipinski definition) is 7. The number of ether oxygens (including phenoxy) is 2. The van der Waals surface area contributed by atoms with Gasteiger partial charge >= 0.3 is 0 Å². The first-order chi connectivity index (χ1) is 18.4. The average molecular weight is 531 g/mol. The van der Waals surface area contributed by atoms with Crippen molar-refractivity contribution < 1.29 is 14.3 Å². The van der Waals surface area contributed by atoms with E-state index in [9.17, 15) is 9.59 Å². The highest BCUT2D eigenvalue weighted by Gasteiger charge is 2.23. The van der Waals surface area contributed by atoms with Gasteiger partial charge in [-0.2, -0.15) is 5.10 Å². The number of rotatable bonds is 8. The van der Waals surface area contributed by atoms with Crippen molar-refractivity contribution >= 4 is 33.7 Å². The molecule has 0 saturated carbocycles. The molecule has 9 heteroatoms. The summed E-state index contributed by atoms with van der Waals surface area (Å²) in [6, 6.07) is 13.6. The number of methoxy groups -OCH3 is 1. The smallest absolute Gasteiger partial charge is 0.262 e. The second-order valence-corrected chi connectivity index (χ2v) is 10.8. The highest BCUT2D eigenvalue weighted by molar-refractivity contribution is 7.18. The van der Waals surface area contributed by atoms with Gasteiger partial charge in [0.2, 0.25) is 0 Å². The molecule has 0 bridgehead atoms. The average Bonchev–Trinajstić information content (AvgIpc) is 3.28. The fourth-order valence-electron chi connectivity index (χ4n) is 4.58. The first kappa shape index (κ1) is 25.7. The highest BCUT2D eigenvalue weighted by Crippen LogP contribution is 2.35. The number of benzene rings is 2. The summed E-state index contributed by atoms with van der Waals surface area (Å²) in [5, 5.41) is 4.71. The first-order valence-corrected chi connectivity index (χ1v) is 13.4. The number of fused-ring (bicyclic) bond motifs is 3. The van der Waals surface area contributed by atoms with Gasteiger partial charge in [0, 0.05) is 4.88 Å². The van der Waals surface area contributed by atoms with Crippen molar-refractivity contribution in [2.45, 2.75) is 46.3 Å². The van der Waals surface area contributed by atoms with Crippen molar-refractivity contribution in [1.29, 1.82) is 0 Å². The SMILES string of the molecule is COc1cc(/C=N/NC(=O)Cn2cnc3sc4c(c3c2=O)CCC(C)C4)ccc1OCc1ccc(C)cc1. The molecule has 1 atom stereocenters. The van der Waals surface area contributed by atoms with E-state index in [-0.39, 0.29) is 12.1 Å². The van der Waals surface area contributed by atoms with Gasteiger partial charge in [0.05, 0.1) is 25.0 Å². The summed E-state index contributed by atoms with van der Waals surface area (Å²) in [6.07, 6.45) is 5.89. The number of aromatic nitrogens is 2. The van der Waals surface area contributed by atoms with Crippen LogP contribution in [-0.4, -0.2) is 28.8 Å². The van der Waals surface area contributed by atoms with E-state index in [1.807, 2.05) is 37.3 Å². The Morgan fingerprint density at radius 3 is 2.84 bits per heavy atom. The van der Waals surface area contributed by atoms with Crippen LogP contribution in [0, 0.1) is 12.8 Å². The van der Waals surface area contributed by atoms with Crippen LogP contribution in [0.4, 0.5) is 0 Å².